The van der Waals surface area contributed by atoms with E-state index in [-0.39, 0.29) is 25.2 Å². The Morgan fingerprint density at radius 2 is 0.809 bits per heavy atom. The van der Waals surface area contributed by atoms with Crippen LogP contribution in [0.1, 0.15) is 226 Å². The van der Waals surface area contributed by atoms with E-state index in [1.807, 2.05) is 0 Å². The van der Waals surface area contributed by atoms with Gasteiger partial charge in [0.2, 0.25) is 0 Å². The molecule has 0 spiro atoms. The summed E-state index contributed by atoms with van der Waals surface area (Å²) in [6, 6.07) is 0. The summed E-state index contributed by atoms with van der Waals surface area (Å²) in [6.45, 7) is 4.11. The largest absolute Gasteiger partial charge is 0.462 e. The molecule has 0 aromatic carbocycles. The second-order valence-electron chi connectivity index (χ2n) is 14.1. The second-order valence-corrected chi connectivity index (χ2v) is 14.1. The van der Waals surface area contributed by atoms with Gasteiger partial charge in [0.1, 0.15) is 6.61 Å². The van der Waals surface area contributed by atoms with Crippen molar-refractivity contribution in [3.05, 3.63) is 12.2 Å². The van der Waals surface area contributed by atoms with Gasteiger partial charge >= 0.3 is 11.9 Å². The van der Waals surface area contributed by atoms with Crippen LogP contribution in [0.15, 0.2) is 12.2 Å². The Hall–Kier alpha value is -1.36. The van der Waals surface area contributed by atoms with Crippen LogP contribution in [0.5, 0.6) is 0 Å². The summed E-state index contributed by atoms with van der Waals surface area (Å²) in [5.74, 6) is -0.591. The molecule has 0 saturated carbocycles. The molecular formula is C42H80O5. The van der Waals surface area contributed by atoms with Crippen LogP contribution in [0, 0.1) is 0 Å². The maximum atomic E-state index is 12.1. The molecule has 0 bridgehead atoms. The number of hydrogen-bond donors (Lipinski definition) is 1. The van der Waals surface area contributed by atoms with Crippen molar-refractivity contribution >= 4 is 11.9 Å². The third-order valence-corrected chi connectivity index (χ3v) is 9.31. The topological polar surface area (TPSA) is 72.8 Å². The van der Waals surface area contributed by atoms with Crippen LogP contribution >= 0.6 is 0 Å². The molecule has 0 rings (SSSR count). The molecule has 0 saturated heterocycles. The number of allylic oxidation sites excluding steroid dienone is 2. The molecule has 1 atom stereocenters. The number of aliphatic hydroxyl groups excluding tert-OH is 1. The van der Waals surface area contributed by atoms with Gasteiger partial charge in [-0.25, -0.2) is 0 Å². The Morgan fingerprint density at radius 1 is 0.468 bits per heavy atom. The Bertz CT molecular complexity index is 676. The molecule has 0 aromatic heterocycles. The second kappa shape index (κ2) is 39.1. The monoisotopic (exact) mass is 665 g/mol. The van der Waals surface area contributed by atoms with Crippen molar-refractivity contribution in [2.45, 2.75) is 232 Å². The molecule has 1 N–H and O–H groups in total. The molecule has 0 aliphatic carbocycles. The first kappa shape index (κ1) is 45.6. The minimum Gasteiger partial charge on any atom is -0.462 e. The highest BCUT2D eigenvalue weighted by atomic mass is 16.6. The molecule has 0 amide bonds. The first-order valence-corrected chi connectivity index (χ1v) is 20.7. The summed E-state index contributed by atoms with van der Waals surface area (Å²) in [6.07, 6.45) is 44.3. The maximum Gasteiger partial charge on any atom is 0.306 e. The summed E-state index contributed by atoms with van der Waals surface area (Å²) in [5, 5.41) is 9.54. The fourth-order valence-electron chi connectivity index (χ4n) is 6.12. The smallest absolute Gasteiger partial charge is 0.306 e. The molecule has 0 aliphatic heterocycles. The maximum absolute atomic E-state index is 12.1. The number of unbranched alkanes of at least 4 members (excludes halogenated alkanes) is 28. The zero-order valence-corrected chi connectivity index (χ0v) is 31.6. The van der Waals surface area contributed by atoms with E-state index in [1.54, 1.807) is 0 Å². The summed E-state index contributed by atoms with van der Waals surface area (Å²) >= 11 is 0. The molecule has 0 aromatic rings. The predicted molar refractivity (Wildman–Crippen MR) is 201 cm³/mol. The van der Waals surface area contributed by atoms with E-state index in [1.165, 1.54) is 161 Å². The van der Waals surface area contributed by atoms with Crippen molar-refractivity contribution in [3.8, 4) is 0 Å². The van der Waals surface area contributed by atoms with E-state index in [4.69, 9.17) is 9.47 Å². The number of aliphatic hydroxyl groups is 1. The fourth-order valence-corrected chi connectivity index (χ4v) is 6.12. The lowest BCUT2D eigenvalue weighted by molar-refractivity contribution is -0.161. The van der Waals surface area contributed by atoms with Crippen molar-refractivity contribution in [2.75, 3.05) is 13.2 Å². The van der Waals surface area contributed by atoms with E-state index < -0.39 is 6.10 Å². The van der Waals surface area contributed by atoms with E-state index in [0.29, 0.717) is 12.8 Å². The highest BCUT2D eigenvalue weighted by Crippen LogP contribution is 2.16. The van der Waals surface area contributed by atoms with Crippen LogP contribution in [-0.4, -0.2) is 36.4 Å². The van der Waals surface area contributed by atoms with Gasteiger partial charge < -0.3 is 14.6 Å². The SMILES string of the molecule is CCCC/C=C/CCCCCCCC(=O)O[C@@H](CO)COC(=O)CCCCCCCCCCCCCCCCCCCCCCCC. The Balaban J connectivity index is 3.45. The third kappa shape index (κ3) is 37.3. The number of hydrogen-bond acceptors (Lipinski definition) is 5. The van der Waals surface area contributed by atoms with Crippen LogP contribution in [0.3, 0.4) is 0 Å². The van der Waals surface area contributed by atoms with Crippen molar-refractivity contribution in [2.24, 2.45) is 0 Å². The predicted octanol–water partition coefficient (Wildman–Crippen LogP) is 12.9. The van der Waals surface area contributed by atoms with Gasteiger partial charge in [0.15, 0.2) is 6.10 Å². The zero-order chi connectivity index (χ0) is 34.3. The van der Waals surface area contributed by atoms with Crippen molar-refractivity contribution in [1.82, 2.24) is 0 Å². The lowest BCUT2D eigenvalue weighted by Gasteiger charge is -2.15. The number of carbonyl (C=O) groups is 2. The van der Waals surface area contributed by atoms with Gasteiger partial charge in [-0.3, -0.25) is 9.59 Å². The standard InChI is InChI=1S/C42H80O5/c1-3-5-7-9-11-13-15-16-17-18-19-20-21-22-23-24-25-27-28-30-32-34-36-41(44)46-39-40(38-43)47-42(45)37-35-33-31-29-26-14-12-10-8-6-4-2/h10,12,40,43H,3-9,11,13-39H2,1-2H3/b12-10+/t40-/m0/s1. The average Bonchev–Trinajstić information content (AvgIpc) is 3.07. The van der Waals surface area contributed by atoms with Gasteiger partial charge in [-0.2, -0.15) is 0 Å². The van der Waals surface area contributed by atoms with E-state index in [0.717, 1.165) is 38.5 Å². The van der Waals surface area contributed by atoms with E-state index in [9.17, 15) is 14.7 Å². The van der Waals surface area contributed by atoms with Gasteiger partial charge in [-0.1, -0.05) is 193 Å². The minimum absolute atomic E-state index is 0.0633. The van der Waals surface area contributed by atoms with Crippen LogP contribution in [0.4, 0.5) is 0 Å². The summed E-state index contributed by atoms with van der Waals surface area (Å²) in [4.78, 5) is 24.2. The molecule has 0 radical (unpaired) electrons. The molecule has 278 valence electrons. The lowest BCUT2D eigenvalue weighted by Crippen LogP contribution is -2.28. The molecule has 0 aliphatic rings. The van der Waals surface area contributed by atoms with Crippen LogP contribution < -0.4 is 0 Å². The van der Waals surface area contributed by atoms with Gasteiger partial charge in [0, 0.05) is 12.8 Å². The van der Waals surface area contributed by atoms with Gasteiger partial charge in [0.05, 0.1) is 6.61 Å². The quantitative estimate of drug-likeness (QED) is 0.0404. The Kier molecular flexibility index (Phi) is 38.0. The van der Waals surface area contributed by atoms with Crippen molar-refractivity contribution in [1.29, 1.82) is 0 Å². The number of ether oxygens (including phenoxy) is 2. The first-order chi connectivity index (χ1) is 23.1. The van der Waals surface area contributed by atoms with Gasteiger partial charge in [-0.15, -0.1) is 0 Å². The normalized spacial score (nSPS) is 12.1. The highest BCUT2D eigenvalue weighted by Gasteiger charge is 2.16. The molecule has 5 heteroatoms. The van der Waals surface area contributed by atoms with Gasteiger partial charge in [0.25, 0.3) is 0 Å². The summed E-state index contributed by atoms with van der Waals surface area (Å²) < 4.78 is 10.6. The summed E-state index contributed by atoms with van der Waals surface area (Å²) in [7, 11) is 0. The molecular weight excluding hydrogens is 584 g/mol. The molecule has 47 heavy (non-hydrogen) atoms. The van der Waals surface area contributed by atoms with E-state index >= 15 is 0 Å². The highest BCUT2D eigenvalue weighted by molar-refractivity contribution is 5.70. The van der Waals surface area contributed by atoms with Crippen LogP contribution in [-0.2, 0) is 19.1 Å². The number of rotatable bonds is 38. The average molecular weight is 665 g/mol. The Labute approximate surface area is 292 Å². The third-order valence-electron chi connectivity index (χ3n) is 9.31. The molecule has 0 heterocycles. The van der Waals surface area contributed by atoms with E-state index in [2.05, 4.69) is 26.0 Å². The molecule has 0 fully saturated rings. The van der Waals surface area contributed by atoms with Gasteiger partial charge in [-0.05, 0) is 32.1 Å². The van der Waals surface area contributed by atoms with Crippen LogP contribution in [0.25, 0.3) is 0 Å². The summed E-state index contributed by atoms with van der Waals surface area (Å²) in [5.41, 5.74) is 0. The first-order valence-electron chi connectivity index (χ1n) is 20.7. The fraction of sp³-hybridized carbons (Fsp3) is 0.905. The molecule has 0 unspecified atom stereocenters. The lowest BCUT2D eigenvalue weighted by atomic mass is 10.0. The Morgan fingerprint density at radius 3 is 1.21 bits per heavy atom. The number of esters is 2. The van der Waals surface area contributed by atoms with Crippen LogP contribution in [0.2, 0.25) is 0 Å². The number of carbonyl (C=O) groups excluding carboxylic acids is 2. The zero-order valence-electron chi connectivity index (χ0n) is 31.6. The van der Waals surface area contributed by atoms with Crippen molar-refractivity contribution < 1.29 is 24.2 Å². The van der Waals surface area contributed by atoms with Crippen molar-refractivity contribution in [3.63, 3.8) is 0 Å². The molecule has 5 nitrogen and oxygen atoms in total. The minimum atomic E-state index is -0.768.